The molecule has 120 valence electrons. The number of halogens is 1. The number of nitrogens with zero attached hydrogens (tertiary/aromatic N) is 1. The minimum atomic E-state index is -3.10. The number of carbonyl (C=O) groups excluding carboxylic acids is 1. The monoisotopic (exact) mass is 345 g/mol. The Kier molecular flexibility index (Phi) is 4.18. The van der Waals surface area contributed by atoms with Crippen LogP contribution in [0.15, 0.2) is 18.2 Å². The molecule has 6 nitrogen and oxygen atoms in total. The number of benzene rings is 1. The predicted molar refractivity (Wildman–Crippen MR) is 82.7 cm³/mol. The van der Waals surface area contributed by atoms with Gasteiger partial charge in [-0.3, -0.25) is 4.79 Å². The summed E-state index contributed by atoms with van der Waals surface area (Å²) in [7, 11) is -3.10. The topological polar surface area (TPSA) is 72.9 Å². The maximum atomic E-state index is 12.2. The van der Waals surface area contributed by atoms with Crippen molar-refractivity contribution in [3.05, 3.63) is 18.2 Å². The van der Waals surface area contributed by atoms with Crippen LogP contribution in [0.1, 0.15) is 6.42 Å². The quantitative estimate of drug-likeness (QED) is 0.770. The molecule has 0 N–H and O–H groups in total. The molecule has 8 heteroatoms. The third-order valence-corrected chi connectivity index (χ3v) is 5.74. The molecule has 1 aromatic rings. The van der Waals surface area contributed by atoms with Crippen molar-refractivity contribution in [1.82, 2.24) is 0 Å². The molecule has 3 rings (SSSR count). The van der Waals surface area contributed by atoms with E-state index in [2.05, 4.69) is 0 Å². The van der Waals surface area contributed by atoms with Crippen LogP contribution in [0.25, 0.3) is 0 Å². The minimum Gasteiger partial charge on any atom is -0.486 e. The highest BCUT2D eigenvalue weighted by atomic mass is 35.5. The van der Waals surface area contributed by atoms with Gasteiger partial charge in [0.25, 0.3) is 0 Å². The first-order valence-electron chi connectivity index (χ1n) is 6.98. The summed E-state index contributed by atoms with van der Waals surface area (Å²) in [4.78, 5) is 13.7. The first-order chi connectivity index (χ1) is 10.5. The average Bonchev–Trinajstić information content (AvgIpc) is 2.87. The molecule has 2 aliphatic heterocycles. The summed E-state index contributed by atoms with van der Waals surface area (Å²) in [5.41, 5.74) is 0.581. The van der Waals surface area contributed by atoms with E-state index in [1.165, 1.54) is 4.90 Å². The minimum absolute atomic E-state index is 0.0376. The van der Waals surface area contributed by atoms with Gasteiger partial charge in [-0.2, -0.15) is 0 Å². The number of ether oxygens (including phenoxy) is 2. The molecular formula is C14H16ClNO5S. The molecular weight excluding hydrogens is 330 g/mol. The van der Waals surface area contributed by atoms with Crippen LogP contribution >= 0.6 is 11.6 Å². The van der Waals surface area contributed by atoms with E-state index in [1.54, 1.807) is 18.2 Å². The lowest BCUT2D eigenvalue weighted by Gasteiger charge is -2.29. The Balaban J connectivity index is 1.94. The number of amides is 1. The number of hydrogen-bond donors (Lipinski definition) is 0. The van der Waals surface area contributed by atoms with Gasteiger partial charge >= 0.3 is 0 Å². The zero-order valence-corrected chi connectivity index (χ0v) is 13.4. The van der Waals surface area contributed by atoms with Crippen LogP contribution in [0, 0.1) is 0 Å². The summed E-state index contributed by atoms with van der Waals surface area (Å²) < 4.78 is 34.4. The maximum absolute atomic E-state index is 12.2. The van der Waals surface area contributed by atoms with Crippen molar-refractivity contribution in [2.45, 2.75) is 12.5 Å². The van der Waals surface area contributed by atoms with Gasteiger partial charge in [0.15, 0.2) is 21.3 Å². The van der Waals surface area contributed by atoms with Crippen molar-refractivity contribution in [1.29, 1.82) is 0 Å². The third-order valence-electron chi connectivity index (χ3n) is 3.76. The molecule has 22 heavy (non-hydrogen) atoms. The summed E-state index contributed by atoms with van der Waals surface area (Å²) in [5.74, 6) is 0.702. The normalized spacial score (nSPS) is 22.3. The van der Waals surface area contributed by atoms with E-state index in [-0.39, 0.29) is 29.3 Å². The first-order valence-corrected chi connectivity index (χ1v) is 9.34. The Bertz CT molecular complexity index is 690. The Morgan fingerprint density at radius 3 is 2.64 bits per heavy atom. The van der Waals surface area contributed by atoms with Gasteiger partial charge in [0.1, 0.15) is 19.1 Å². The molecule has 2 aliphatic rings. The van der Waals surface area contributed by atoms with Crippen molar-refractivity contribution in [3.63, 3.8) is 0 Å². The van der Waals surface area contributed by atoms with Crippen LogP contribution in [0.2, 0.25) is 0 Å². The number of carbonyl (C=O) groups is 1. The van der Waals surface area contributed by atoms with Crippen molar-refractivity contribution in [2.75, 3.05) is 35.5 Å². The molecule has 0 saturated carbocycles. The zero-order valence-electron chi connectivity index (χ0n) is 11.8. The molecule has 1 aromatic carbocycles. The summed E-state index contributed by atoms with van der Waals surface area (Å²) in [6, 6.07) is 4.76. The Morgan fingerprint density at radius 1 is 1.27 bits per heavy atom. The van der Waals surface area contributed by atoms with Gasteiger partial charge in [-0.1, -0.05) is 0 Å². The number of anilines is 1. The predicted octanol–water partition coefficient (Wildman–Crippen LogP) is 1.22. The zero-order chi connectivity index (χ0) is 15.7. The summed E-state index contributed by atoms with van der Waals surface area (Å²) in [5, 5.41) is 0. The Morgan fingerprint density at radius 2 is 2.00 bits per heavy atom. The second-order valence-electron chi connectivity index (χ2n) is 5.28. The van der Waals surface area contributed by atoms with E-state index in [1.807, 2.05) is 0 Å². The lowest BCUT2D eigenvalue weighted by molar-refractivity contribution is -0.116. The fourth-order valence-electron chi connectivity index (χ4n) is 2.78. The molecule has 2 heterocycles. The standard InChI is InChI=1S/C14H16ClNO5S/c15-8-14(17)16(11-3-6-22(18,19)9-11)10-1-2-12-13(7-10)21-5-4-20-12/h1-2,7,11H,3-6,8-9H2/t11-/m1/s1. The number of alkyl halides is 1. The van der Waals surface area contributed by atoms with Crippen LogP contribution in [-0.4, -0.2) is 51.0 Å². The maximum Gasteiger partial charge on any atom is 0.242 e. The van der Waals surface area contributed by atoms with Gasteiger partial charge in [-0.25, -0.2) is 8.42 Å². The van der Waals surface area contributed by atoms with Gasteiger partial charge in [0, 0.05) is 11.8 Å². The lowest BCUT2D eigenvalue weighted by Crippen LogP contribution is -2.42. The third kappa shape index (κ3) is 3.01. The number of sulfone groups is 1. The van der Waals surface area contributed by atoms with Crippen molar-refractivity contribution >= 4 is 33.0 Å². The van der Waals surface area contributed by atoms with Gasteiger partial charge in [0.2, 0.25) is 5.91 Å². The van der Waals surface area contributed by atoms with Crippen molar-refractivity contribution < 1.29 is 22.7 Å². The van der Waals surface area contributed by atoms with E-state index >= 15 is 0 Å². The molecule has 0 spiro atoms. The van der Waals surface area contributed by atoms with Crippen LogP contribution in [0.5, 0.6) is 11.5 Å². The lowest BCUT2D eigenvalue weighted by atomic mass is 10.1. The van der Waals surface area contributed by atoms with Gasteiger partial charge < -0.3 is 14.4 Å². The number of fused-ring (bicyclic) bond motifs is 1. The molecule has 1 amide bonds. The van der Waals surface area contributed by atoms with E-state index in [0.29, 0.717) is 36.8 Å². The average molecular weight is 346 g/mol. The van der Waals surface area contributed by atoms with Crippen LogP contribution < -0.4 is 14.4 Å². The van der Waals surface area contributed by atoms with E-state index in [0.717, 1.165) is 0 Å². The first kappa shape index (κ1) is 15.4. The molecule has 0 aliphatic carbocycles. The summed E-state index contributed by atoms with van der Waals surface area (Å²) in [6.07, 6.45) is 0.416. The highest BCUT2D eigenvalue weighted by Crippen LogP contribution is 2.35. The van der Waals surface area contributed by atoms with Crippen LogP contribution in [0.3, 0.4) is 0 Å². The summed E-state index contributed by atoms with van der Waals surface area (Å²) >= 11 is 5.69. The van der Waals surface area contributed by atoms with E-state index in [4.69, 9.17) is 21.1 Å². The molecule has 0 unspecified atom stereocenters. The van der Waals surface area contributed by atoms with Crippen molar-refractivity contribution in [3.8, 4) is 11.5 Å². The molecule has 1 fully saturated rings. The van der Waals surface area contributed by atoms with Gasteiger partial charge in [-0.15, -0.1) is 11.6 Å². The van der Waals surface area contributed by atoms with Gasteiger partial charge in [0.05, 0.1) is 17.5 Å². The van der Waals surface area contributed by atoms with E-state index < -0.39 is 9.84 Å². The Hall–Kier alpha value is -1.47. The summed E-state index contributed by atoms with van der Waals surface area (Å²) in [6.45, 7) is 0.926. The highest BCUT2D eigenvalue weighted by Gasteiger charge is 2.35. The second kappa shape index (κ2) is 5.96. The van der Waals surface area contributed by atoms with Gasteiger partial charge in [-0.05, 0) is 18.6 Å². The van der Waals surface area contributed by atoms with E-state index in [9.17, 15) is 13.2 Å². The number of rotatable bonds is 3. The molecule has 0 radical (unpaired) electrons. The van der Waals surface area contributed by atoms with Crippen LogP contribution in [0.4, 0.5) is 5.69 Å². The largest absolute Gasteiger partial charge is 0.486 e. The van der Waals surface area contributed by atoms with Crippen molar-refractivity contribution in [2.24, 2.45) is 0 Å². The number of hydrogen-bond acceptors (Lipinski definition) is 5. The molecule has 0 aromatic heterocycles. The molecule has 0 bridgehead atoms. The van der Waals surface area contributed by atoms with Crippen LogP contribution in [-0.2, 0) is 14.6 Å². The smallest absolute Gasteiger partial charge is 0.242 e. The molecule has 1 atom stereocenters. The fourth-order valence-corrected chi connectivity index (χ4v) is 4.61. The SMILES string of the molecule is O=C(CCl)N(c1ccc2c(c1)OCCO2)[C@@H]1CCS(=O)(=O)C1. The Labute approximate surface area is 133 Å². The highest BCUT2D eigenvalue weighted by molar-refractivity contribution is 7.91. The fraction of sp³-hybridized carbons (Fsp3) is 0.500. The molecule has 1 saturated heterocycles. The second-order valence-corrected chi connectivity index (χ2v) is 7.78.